The molecule has 4 nitrogen and oxygen atoms in total. The van der Waals surface area contributed by atoms with Gasteiger partial charge in [-0.2, -0.15) is 4.37 Å². The molecule has 100 valence electrons. The second-order valence-corrected chi connectivity index (χ2v) is 6.31. The molecule has 2 aromatic rings. The topological polar surface area (TPSA) is 63.1 Å². The summed E-state index contributed by atoms with van der Waals surface area (Å²) in [5.41, 5.74) is -0.103. The second-order valence-electron chi connectivity index (χ2n) is 3.48. The van der Waals surface area contributed by atoms with Crippen LogP contribution in [0.15, 0.2) is 25.8 Å². The molecule has 1 heterocycles. The zero-order valence-corrected chi connectivity index (χ0v) is 12.9. The van der Waals surface area contributed by atoms with Gasteiger partial charge in [0.1, 0.15) is 5.82 Å². The van der Waals surface area contributed by atoms with E-state index in [0.29, 0.717) is 15.1 Å². The average molecular weight is 363 g/mol. The van der Waals surface area contributed by atoms with Gasteiger partial charge in [0, 0.05) is 6.42 Å². The van der Waals surface area contributed by atoms with Crippen LogP contribution in [0.1, 0.15) is 23.1 Å². The van der Waals surface area contributed by atoms with Crippen LogP contribution in [0.5, 0.6) is 0 Å². The highest BCUT2D eigenvalue weighted by molar-refractivity contribution is 9.10. The lowest BCUT2D eigenvalue weighted by molar-refractivity contribution is 0.0695. The van der Waals surface area contributed by atoms with E-state index in [2.05, 4.69) is 25.3 Å². The molecule has 0 fully saturated rings. The fourth-order valence-electron chi connectivity index (χ4n) is 1.29. The maximum atomic E-state index is 14.0. The lowest BCUT2D eigenvalue weighted by atomic mass is 10.2. The Bertz CT molecular complexity index is 633. The van der Waals surface area contributed by atoms with E-state index in [1.165, 1.54) is 23.7 Å². The van der Waals surface area contributed by atoms with E-state index in [-0.39, 0.29) is 10.0 Å². The van der Waals surface area contributed by atoms with Crippen molar-refractivity contribution >= 4 is 45.2 Å². The number of aromatic carboxylic acids is 1. The van der Waals surface area contributed by atoms with Crippen LogP contribution in [0.2, 0.25) is 0 Å². The van der Waals surface area contributed by atoms with Crippen molar-refractivity contribution in [2.45, 2.75) is 22.6 Å². The van der Waals surface area contributed by atoms with Gasteiger partial charge in [0.2, 0.25) is 0 Å². The summed E-state index contributed by atoms with van der Waals surface area (Å²) in [6.07, 6.45) is 0.723. The molecular weight excluding hydrogens is 355 g/mol. The van der Waals surface area contributed by atoms with Gasteiger partial charge in [-0.3, -0.25) is 0 Å². The second kappa shape index (κ2) is 5.98. The predicted octanol–water partition coefficient (Wildman–Crippen LogP) is 3.85. The van der Waals surface area contributed by atoms with Crippen molar-refractivity contribution in [2.75, 3.05) is 0 Å². The Hall–Kier alpha value is -0.990. The average Bonchev–Trinajstić information content (AvgIpc) is 2.82. The molecule has 2 rings (SSSR count). The fraction of sp³-hybridized carbons (Fsp3) is 0.182. The highest BCUT2D eigenvalue weighted by Gasteiger charge is 2.17. The van der Waals surface area contributed by atoms with Gasteiger partial charge in [0.15, 0.2) is 10.2 Å². The number of hydrogen-bond acceptors (Lipinski definition) is 5. The Morgan fingerprint density at radius 2 is 2.32 bits per heavy atom. The number of benzene rings is 1. The molecule has 19 heavy (non-hydrogen) atoms. The quantitative estimate of drug-likeness (QED) is 0.894. The third-order valence-corrected chi connectivity index (χ3v) is 4.84. The Morgan fingerprint density at radius 3 is 2.89 bits per heavy atom. The van der Waals surface area contributed by atoms with Crippen LogP contribution in [-0.2, 0) is 6.42 Å². The van der Waals surface area contributed by atoms with Crippen LogP contribution < -0.4 is 0 Å². The molecule has 0 radical (unpaired) electrons. The lowest BCUT2D eigenvalue weighted by Crippen LogP contribution is -2.00. The van der Waals surface area contributed by atoms with E-state index < -0.39 is 11.8 Å². The summed E-state index contributed by atoms with van der Waals surface area (Å²) in [5, 5.41) is 8.88. The molecule has 0 bridgehead atoms. The summed E-state index contributed by atoms with van der Waals surface area (Å²) in [6.45, 7) is 1.94. The predicted molar refractivity (Wildman–Crippen MR) is 74.5 cm³/mol. The van der Waals surface area contributed by atoms with Gasteiger partial charge in [-0.15, -0.1) is 0 Å². The van der Waals surface area contributed by atoms with E-state index in [9.17, 15) is 9.18 Å². The first-order valence-corrected chi connectivity index (χ1v) is 7.63. The van der Waals surface area contributed by atoms with Gasteiger partial charge in [-0.1, -0.05) is 18.7 Å². The van der Waals surface area contributed by atoms with Crippen LogP contribution in [0, 0.1) is 5.82 Å². The number of carboxylic acid groups (broad SMARTS) is 1. The maximum Gasteiger partial charge on any atom is 0.336 e. The van der Waals surface area contributed by atoms with Crippen LogP contribution in [-0.4, -0.2) is 20.4 Å². The van der Waals surface area contributed by atoms with Crippen molar-refractivity contribution in [1.82, 2.24) is 9.36 Å². The first-order chi connectivity index (χ1) is 9.02. The van der Waals surface area contributed by atoms with Crippen molar-refractivity contribution in [2.24, 2.45) is 0 Å². The van der Waals surface area contributed by atoms with Gasteiger partial charge >= 0.3 is 5.97 Å². The Balaban J connectivity index is 2.31. The monoisotopic (exact) mass is 362 g/mol. The highest BCUT2D eigenvalue weighted by atomic mass is 79.9. The third-order valence-electron chi connectivity index (χ3n) is 2.24. The number of aryl methyl sites for hydroxylation is 1. The SMILES string of the molecule is CCc1nsc(Sc2ccc(C(=O)O)c(Br)c2F)n1. The molecule has 0 saturated carbocycles. The fourth-order valence-corrected chi connectivity index (χ4v) is 3.64. The van der Waals surface area contributed by atoms with Gasteiger partial charge in [-0.25, -0.2) is 14.2 Å². The number of rotatable bonds is 4. The van der Waals surface area contributed by atoms with Crippen molar-refractivity contribution in [1.29, 1.82) is 0 Å². The van der Waals surface area contributed by atoms with Crippen LogP contribution >= 0.6 is 39.2 Å². The van der Waals surface area contributed by atoms with Crippen LogP contribution in [0.25, 0.3) is 0 Å². The minimum absolute atomic E-state index is 0.0507. The van der Waals surface area contributed by atoms with Gasteiger partial charge in [-0.05, 0) is 39.6 Å². The maximum absolute atomic E-state index is 14.0. The first-order valence-electron chi connectivity index (χ1n) is 5.24. The van der Waals surface area contributed by atoms with Crippen molar-refractivity contribution in [3.8, 4) is 0 Å². The number of carbonyl (C=O) groups is 1. The largest absolute Gasteiger partial charge is 0.478 e. The van der Waals surface area contributed by atoms with E-state index in [1.54, 1.807) is 0 Å². The number of carboxylic acids is 1. The van der Waals surface area contributed by atoms with E-state index in [0.717, 1.165) is 18.2 Å². The molecular formula is C11H8BrFN2O2S2. The molecule has 0 aliphatic heterocycles. The smallest absolute Gasteiger partial charge is 0.336 e. The lowest BCUT2D eigenvalue weighted by Gasteiger charge is -2.04. The number of aromatic nitrogens is 2. The molecule has 0 atom stereocenters. The van der Waals surface area contributed by atoms with E-state index >= 15 is 0 Å². The molecule has 8 heteroatoms. The molecule has 0 saturated heterocycles. The van der Waals surface area contributed by atoms with Crippen molar-refractivity contribution in [3.05, 3.63) is 33.8 Å². The summed E-state index contributed by atoms with van der Waals surface area (Å²) in [5.74, 6) is -1.06. The Kier molecular flexibility index (Phi) is 4.54. The Morgan fingerprint density at radius 1 is 1.58 bits per heavy atom. The molecule has 0 amide bonds. The van der Waals surface area contributed by atoms with E-state index in [4.69, 9.17) is 5.11 Å². The molecule has 1 aromatic carbocycles. The summed E-state index contributed by atoms with van der Waals surface area (Å²) >= 11 is 5.29. The summed E-state index contributed by atoms with van der Waals surface area (Å²) in [7, 11) is 0. The number of nitrogens with zero attached hydrogens (tertiary/aromatic N) is 2. The number of hydrogen-bond donors (Lipinski definition) is 1. The molecule has 0 aliphatic carbocycles. The summed E-state index contributed by atoms with van der Waals surface area (Å²) in [4.78, 5) is 15.4. The Labute approximate surface area is 125 Å². The first kappa shape index (κ1) is 14.4. The van der Waals surface area contributed by atoms with Gasteiger partial charge in [0.05, 0.1) is 14.9 Å². The van der Waals surface area contributed by atoms with Gasteiger partial charge < -0.3 is 5.11 Å². The highest BCUT2D eigenvalue weighted by Crippen LogP contribution is 2.35. The normalized spacial score (nSPS) is 10.7. The molecule has 0 unspecified atom stereocenters. The minimum atomic E-state index is -1.17. The van der Waals surface area contributed by atoms with Crippen LogP contribution in [0.4, 0.5) is 4.39 Å². The van der Waals surface area contributed by atoms with Crippen molar-refractivity contribution in [3.63, 3.8) is 0 Å². The summed E-state index contributed by atoms with van der Waals surface area (Å²) < 4.78 is 18.7. The molecule has 1 N–H and O–H groups in total. The molecule has 0 spiro atoms. The van der Waals surface area contributed by atoms with E-state index in [1.807, 2.05) is 6.92 Å². The zero-order chi connectivity index (χ0) is 14.0. The van der Waals surface area contributed by atoms with Crippen LogP contribution in [0.3, 0.4) is 0 Å². The standard InChI is InChI=1S/C11H8BrFN2O2S2/c1-2-7-14-11(19-15-7)18-6-4-3-5(10(16)17)8(12)9(6)13/h3-4H,2H2,1H3,(H,16,17). The third kappa shape index (κ3) is 3.13. The zero-order valence-electron chi connectivity index (χ0n) is 9.68. The van der Waals surface area contributed by atoms with Crippen molar-refractivity contribution < 1.29 is 14.3 Å². The summed E-state index contributed by atoms with van der Waals surface area (Å²) in [6, 6.07) is 2.79. The minimum Gasteiger partial charge on any atom is -0.478 e. The van der Waals surface area contributed by atoms with Gasteiger partial charge in [0.25, 0.3) is 0 Å². The molecule has 1 aromatic heterocycles. The number of halogens is 2. The molecule has 0 aliphatic rings.